The highest BCUT2D eigenvalue weighted by Crippen LogP contribution is 2.34. The predicted octanol–water partition coefficient (Wildman–Crippen LogP) is 4.70. The van der Waals surface area contributed by atoms with Gasteiger partial charge < -0.3 is 5.32 Å². The second-order valence-corrected chi connectivity index (χ2v) is 6.12. The first-order chi connectivity index (χ1) is 9.29. The number of aromatic nitrogens is 1. The van der Waals surface area contributed by atoms with E-state index in [9.17, 15) is 0 Å². The molecule has 1 aliphatic carbocycles. The minimum absolute atomic E-state index is 1.03. The van der Waals surface area contributed by atoms with Gasteiger partial charge in [-0.1, -0.05) is 22.9 Å². The number of nitrogens with one attached hydrogen (secondary N) is 1. The third-order valence-corrected chi connectivity index (χ3v) is 4.27. The number of pyridine rings is 1. The molecule has 0 fully saturated rings. The van der Waals surface area contributed by atoms with E-state index in [1.165, 1.54) is 35.2 Å². The molecule has 2 aromatic rings. The Labute approximate surface area is 122 Å². The first kappa shape index (κ1) is 12.9. The van der Waals surface area contributed by atoms with Crippen LogP contribution in [0.15, 0.2) is 22.7 Å². The van der Waals surface area contributed by atoms with Gasteiger partial charge in [0, 0.05) is 27.8 Å². The average molecular weight is 319 g/mol. The number of aryl methyl sites for hydroxylation is 1. The fraction of sp³-hybridized carbons (Fsp3) is 0.438. The van der Waals surface area contributed by atoms with Crippen molar-refractivity contribution in [3.63, 3.8) is 0 Å². The Bertz CT molecular complexity index is 607. The van der Waals surface area contributed by atoms with Crippen molar-refractivity contribution in [2.24, 2.45) is 0 Å². The molecular formula is C16H19BrN2. The number of hydrogen-bond acceptors (Lipinski definition) is 2. The second kappa shape index (κ2) is 5.49. The minimum Gasteiger partial charge on any atom is -0.384 e. The summed E-state index contributed by atoms with van der Waals surface area (Å²) in [5, 5.41) is 4.89. The first-order valence-corrected chi connectivity index (χ1v) is 7.93. The van der Waals surface area contributed by atoms with Crippen molar-refractivity contribution >= 4 is 32.5 Å². The van der Waals surface area contributed by atoms with Crippen molar-refractivity contribution in [1.29, 1.82) is 0 Å². The van der Waals surface area contributed by atoms with Crippen molar-refractivity contribution in [2.75, 3.05) is 11.9 Å². The SMILES string of the molecule is CCCNc1c2c(nc3ccc(Br)cc13)CCCC2. The summed E-state index contributed by atoms with van der Waals surface area (Å²) in [7, 11) is 0. The van der Waals surface area contributed by atoms with E-state index in [0.717, 1.165) is 35.8 Å². The third-order valence-electron chi connectivity index (χ3n) is 3.78. The molecule has 1 aliphatic rings. The van der Waals surface area contributed by atoms with Crippen molar-refractivity contribution in [2.45, 2.75) is 39.0 Å². The summed E-state index contributed by atoms with van der Waals surface area (Å²) in [6, 6.07) is 6.38. The Kier molecular flexibility index (Phi) is 3.74. The molecule has 0 radical (unpaired) electrons. The number of nitrogens with zero attached hydrogens (tertiary/aromatic N) is 1. The van der Waals surface area contributed by atoms with Crippen LogP contribution in [-0.2, 0) is 12.8 Å². The lowest BCUT2D eigenvalue weighted by Gasteiger charge is -2.21. The van der Waals surface area contributed by atoms with E-state index in [1.807, 2.05) is 0 Å². The molecule has 3 rings (SSSR count). The van der Waals surface area contributed by atoms with Gasteiger partial charge in [-0.2, -0.15) is 0 Å². The quantitative estimate of drug-likeness (QED) is 0.887. The maximum Gasteiger partial charge on any atom is 0.0727 e. The monoisotopic (exact) mass is 318 g/mol. The molecule has 3 heteroatoms. The smallest absolute Gasteiger partial charge is 0.0727 e. The van der Waals surface area contributed by atoms with E-state index in [4.69, 9.17) is 4.98 Å². The Morgan fingerprint density at radius 1 is 1.26 bits per heavy atom. The molecule has 0 bridgehead atoms. The molecule has 0 saturated heterocycles. The molecule has 0 saturated carbocycles. The number of rotatable bonds is 3. The summed E-state index contributed by atoms with van der Waals surface area (Å²) in [6.07, 6.45) is 6.00. The summed E-state index contributed by atoms with van der Waals surface area (Å²) >= 11 is 3.58. The predicted molar refractivity (Wildman–Crippen MR) is 84.9 cm³/mol. The van der Waals surface area contributed by atoms with E-state index in [1.54, 1.807) is 0 Å². The maximum atomic E-state index is 4.86. The summed E-state index contributed by atoms with van der Waals surface area (Å²) < 4.78 is 1.12. The Morgan fingerprint density at radius 3 is 2.95 bits per heavy atom. The summed E-state index contributed by atoms with van der Waals surface area (Å²) in [4.78, 5) is 4.86. The van der Waals surface area contributed by atoms with Crippen LogP contribution in [-0.4, -0.2) is 11.5 Å². The highest BCUT2D eigenvalue weighted by Gasteiger charge is 2.17. The summed E-state index contributed by atoms with van der Waals surface area (Å²) in [5.74, 6) is 0. The number of anilines is 1. The van der Waals surface area contributed by atoms with E-state index in [2.05, 4.69) is 46.4 Å². The van der Waals surface area contributed by atoms with E-state index >= 15 is 0 Å². The van der Waals surface area contributed by atoms with Gasteiger partial charge >= 0.3 is 0 Å². The molecule has 1 aromatic carbocycles. The van der Waals surface area contributed by atoms with E-state index < -0.39 is 0 Å². The van der Waals surface area contributed by atoms with Crippen LogP contribution >= 0.6 is 15.9 Å². The van der Waals surface area contributed by atoms with Gasteiger partial charge in [-0.25, -0.2) is 0 Å². The highest BCUT2D eigenvalue weighted by atomic mass is 79.9. The molecule has 0 spiro atoms. The van der Waals surface area contributed by atoms with Crippen LogP contribution in [0.25, 0.3) is 10.9 Å². The van der Waals surface area contributed by atoms with Crippen molar-refractivity contribution in [3.8, 4) is 0 Å². The number of benzene rings is 1. The van der Waals surface area contributed by atoms with Crippen LogP contribution < -0.4 is 5.32 Å². The van der Waals surface area contributed by atoms with Gasteiger partial charge in [0.2, 0.25) is 0 Å². The zero-order valence-corrected chi connectivity index (χ0v) is 12.9. The molecule has 0 atom stereocenters. The molecular weight excluding hydrogens is 300 g/mol. The molecule has 1 N–H and O–H groups in total. The molecule has 0 unspecified atom stereocenters. The van der Waals surface area contributed by atoms with Gasteiger partial charge in [0.25, 0.3) is 0 Å². The summed E-state index contributed by atoms with van der Waals surface area (Å²) in [6.45, 7) is 3.23. The van der Waals surface area contributed by atoms with Crippen LogP contribution in [0, 0.1) is 0 Å². The topological polar surface area (TPSA) is 24.9 Å². The molecule has 19 heavy (non-hydrogen) atoms. The summed E-state index contributed by atoms with van der Waals surface area (Å²) in [5.41, 5.74) is 5.19. The van der Waals surface area contributed by atoms with Gasteiger partial charge in [-0.05, 0) is 55.9 Å². The maximum absolute atomic E-state index is 4.86. The number of fused-ring (bicyclic) bond motifs is 2. The lowest BCUT2D eigenvalue weighted by molar-refractivity contribution is 0.672. The normalized spacial score (nSPS) is 14.4. The van der Waals surface area contributed by atoms with Gasteiger partial charge in [0.15, 0.2) is 0 Å². The molecule has 0 amide bonds. The molecule has 100 valence electrons. The third kappa shape index (κ3) is 2.48. The lowest BCUT2D eigenvalue weighted by Crippen LogP contribution is -2.11. The van der Waals surface area contributed by atoms with Gasteiger partial charge in [-0.3, -0.25) is 4.98 Å². The largest absolute Gasteiger partial charge is 0.384 e. The van der Waals surface area contributed by atoms with Gasteiger partial charge in [-0.15, -0.1) is 0 Å². The van der Waals surface area contributed by atoms with E-state index in [-0.39, 0.29) is 0 Å². The van der Waals surface area contributed by atoms with Crippen molar-refractivity contribution in [3.05, 3.63) is 33.9 Å². The second-order valence-electron chi connectivity index (χ2n) is 5.21. The molecule has 0 aliphatic heterocycles. The zero-order chi connectivity index (χ0) is 13.2. The van der Waals surface area contributed by atoms with Crippen LogP contribution in [0.2, 0.25) is 0 Å². The Morgan fingerprint density at radius 2 is 2.11 bits per heavy atom. The van der Waals surface area contributed by atoms with Gasteiger partial charge in [0.05, 0.1) is 5.52 Å². The number of hydrogen-bond donors (Lipinski definition) is 1. The molecule has 1 aromatic heterocycles. The molecule has 1 heterocycles. The fourth-order valence-electron chi connectivity index (χ4n) is 2.85. The standard InChI is InChI=1S/C16H19BrN2/c1-2-9-18-16-12-5-3-4-6-14(12)19-15-8-7-11(17)10-13(15)16/h7-8,10H,2-6,9H2,1H3,(H,18,19). The van der Waals surface area contributed by atoms with E-state index in [0.29, 0.717) is 0 Å². The fourth-order valence-corrected chi connectivity index (χ4v) is 3.21. The van der Waals surface area contributed by atoms with Crippen molar-refractivity contribution < 1.29 is 0 Å². The molecule has 2 nitrogen and oxygen atoms in total. The highest BCUT2D eigenvalue weighted by molar-refractivity contribution is 9.10. The van der Waals surface area contributed by atoms with Crippen molar-refractivity contribution in [1.82, 2.24) is 4.98 Å². The van der Waals surface area contributed by atoms with Crippen LogP contribution in [0.1, 0.15) is 37.4 Å². The zero-order valence-electron chi connectivity index (χ0n) is 11.3. The Hall–Kier alpha value is -1.09. The van der Waals surface area contributed by atoms with Crippen LogP contribution in [0.5, 0.6) is 0 Å². The minimum atomic E-state index is 1.03. The number of halogens is 1. The Balaban J connectivity index is 2.21. The van der Waals surface area contributed by atoms with Gasteiger partial charge in [0.1, 0.15) is 0 Å². The first-order valence-electron chi connectivity index (χ1n) is 7.14. The average Bonchev–Trinajstić information content (AvgIpc) is 2.44. The lowest BCUT2D eigenvalue weighted by atomic mass is 9.92. The van der Waals surface area contributed by atoms with Crippen LogP contribution in [0.4, 0.5) is 5.69 Å². The van der Waals surface area contributed by atoms with Crippen LogP contribution in [0.3, 0.4) is 0 Å².